The number of amides is 1. The number of nitrogens with two attached hydrogens (primary N) is 2. The summed E-state index contributed by atoms with van der Waals surface area (Å²) >= 11 is 0. The number of carbonyl (C=O) groups excluding carboxylic acids is 1. The SMILES string of the molecule is NCC(=O)N(N)Cc1ccc(O)c(O)c1O. The highest BCUT2D eigenvalue weighted by atomic mass is 16.3. The maximum Gasteiger partial charge on any atom is 0.250 e. The summed E-state index contributed by atoms with van der Waals surface area (Å²) in [6.45, 7) is -0.364. The van der Waals surface area contributed by atoms with Crippen molar-refractivity contribution in [3.8, 4) is 17.2 Å². The number of hydrazine groups is 1. The van der Waals surface area contributed by atoms with Crippen molar-refractivity contribution in [2.24, 2.45) is 11.6 Å². The Morgan fingerprint density at radius 2 is 1.88 bits per heavy atom. The van der Waals surface area contributed by atoms with Crippen LogP contribution in [0.3, 0.4) is 0 Å². The number of carbonyl (C=O) groups is 1. The van der Waals surface area contributed by atoms with Gasteiger partial charge in [0.15, 0.2) is 11.5 Å². The van der Waals surface area contributed by atoms with Crippen LogP contribution in [0.4, 0.5) is 0 Å². The van der Waals surface area contributed by atoms with Crippen LogP contribution >= 0.6 is 0 Å². The van der Waals surface area contributed by atoms with Crippen LogP contribution in [0.25, 0.3) is 0 Å². The first-order chi connectivity index (χ1) is 7.47. The highest BCUT2D eigenvalue weighted by molar-refractivity contribution is 5.77. The molecular formula is C9H13N3O4. The second-order valence-electron chi connectivity index (χ2n) is 3.17. The van der Waals surface area contributed by atoms with E-state index in [4.69, 9.17) is 16.7 Å². The van der Waals surface area contributed by atoms with Crippen LogP contribution in [0.15, 0.2) is 12.1 Å². The van der Waals surface area contributed by atoms with Crippen LogP contribution in [0.5, 0.6) is 17.2 Å². The predicted molar refractivity (Wildman–Crippen MR) is 55.2 cm³/mol. The van der Waals surface area contributed by atoms with Crippen molar-refractivity contribution >= 4 is 5.91 Å². The average molecular weight is 227 g/mol. The topological polar surface area (TPSA) is 133 Å². The summed E-state index contributed by atoms with van der Waals surface area (Å²) in [7, 11) is 0. The summed E-state index contributed by atoms with van der Waals surface area (Å²) in [5.41, 5.74) is 5.30. The molecule has 7 nitrogen and oxygen atoms in total. The Balaban J connectivity index is 2.90. The molecule has 88 valence electrons. The molecule has 0 spiro atoms. The van der Waals surface area contributed by atoms with Crippen LogP contribution < -0.4 is 11.6 Å². The molecule has 0 aliphatic rings. The number of rotatable bonds is 3. The lowest BCUT2D eigenvalue weighted by atomic mass is 10.1. The van der Waals surface area contributed by atoms with Gasteiger partial charge in [0.1, 0.15) is 0 Å². The molecule has 0 fully saturated rings. The summed E-state index contributed by atoms with van der Waals surface area (Å²) in [5.74, 6) is 3.25. The molecule has 0 aromatic heterocycles. The molecule has 0 saturated carbocycles. The minimum atomic E-state index is -0.647. The molecule has 1 aromatic carbocycles. The fraction of sp³-hybridized carbons (Fsp3) is 0.222. The number of phenols is 3. The maximum atomic E-state index is 11.1. The molecule has 0 bridgehead atoms. The summed E-state index contributed by atoms with van der Waals surface area (Å²) in [6, 6.07) is 2.53. The zero-order valence-corrected chi connectivity index (χ0v) is 8.42. The molecule has 0 aliphatic heterocycles. The minimum absolute atomic E-state index is 0.115. The Kier molecular flexibility index (Phi) is 3.54. The normalized spacial score (nSPS) is 10.1. The van der Waals surface area contributed by atoms with E-state index in [1.165, 1.54) is 12.1 Å². The minimum Gasteiger partial charge on any atom is -0.504 e. The average Bonchev–Trinajstić information content (AvgIpc) is 2.28. The molecular weight excluding hydrogens is 214 g/mol. The Morgan fingerprint density at radius 1 is 1.25 bits per heavy atom. The van der Waals surface area contributed by atoms with Crippen molar-refractivity contribution in [2.75, 3.05) is 6.54 Å². The molecule has 7 N–H and O–H groups in total. The molecule has 1 amide bonds. The Morgan fingerprint density at radius 3 is 2.44 bits per heavy atom. The number of aromatic hydroxyl groups is 3. The Labute approximate surface area is 91.5 Å². The number of hydrogen-bond acceptors (Lipinski definition) is 6. The first kappa shape index (κ1) is 12.1. The third-order valence-electron chi connectivity index (χ3n) is 2.05. The van der Waals surface area contributed by atoms with Gasteiger partial charge in [-0.3, -0.25) is 9.80 Å². The van der Waals surface area contributed by atoms with E-state index in [0.29, 0.717) is 0 Å². The van der Waals surface area contributed by atoms with E-state index >= 15 is 0 Å². The standard InChI is InChI=1S/C9H13N3O4/c10-3-7(14)12(11)4-5-1-2-6(13)9(16)8(5)15/h1-2,13,15-16H,3-4,10-11H2. The van der Waals surface area contributed by atoms with Gasteiger partial charge >= 0.3 is 0 Å². The summed E-state index contributed by atoms with van der Waals surface area (Å²) in [4.78, 5) is 11.1. The zero-order valence-electron chi connectivity index (χ0n) is 8.42. The number of benzene rings is 1. The van der Waals surface area contributed by atoms with Crippen LogP contribution in [0.1, 0.15) is 5.56 Å². The van der Waals surface area contributed by atoms with Crippen LogP contribution in [-0.4, -0.2) is 32.8 Å². The first-order valence-corrected chi connectivity index (χ1v) is 4.45. The van der Waals surface area contributed by atoms with Crippen LogP contribution in [0, 0.1) is 0 Å². The lowest BCUT2D eigenvalue weighted by molar-refractivity contribution is -0.130. The van der Waals surface area contributed by atoms with Gasteiger partial charge in [0, 0.05) is 5.56 Å². The first-order valence-electron chi connectivity index (χ1n) is 4.45. The molecule has 0 unspecified atom stereocenters. The second kappa shape index (κ2) is 4.69. The van der Waals surface area contributed by atoms with Gasteiger partial charge in [-0.25, -0.2) is 5.84 Å². The predicted octanol–water partition coefficient (Wildman–Crippen LogP) is -1.04. The molecule has 0 radical (unpaired) electrons. The Hall–Kier alpha value is -1.99. The molecule has 0 atom stereocenters. The lowest BCUT2D eigenvalue weighted by Crippen LogP contribution is -2.40. The van der Waals surface area contributed by atoms with E-state index in [0.717, 1.165) is 5.01 Å². The van der Waals surface area contributed by atoms with E-state index in [2.05, 4.69) is 0 Å². The van der Waals surface area contributed by atoms with Gasteiger partial charge in [0.05, 0.1) is 13.1 Å². The van der Waals surface area contributed by atoms with Crippen molar-refractivity contribution in [1.29, 1.82) is 0 Å². The fourth-order valence-electron chi connectivity index (χ4n) is 1.13. The van der Waals surface area contributed by atoms with E-state index in [9.17, 15) is 15.0 Å². The fourth-order valence-corrected chi connectivity index (χ4v) is 1.13. The maximum absolute atomic E-state index is 11.1. The van der Waals surface area contributed by atoms with E-state index in [-0.39, 0.29) is 18.7 Å². The molecule has 0 saturated heterocycles. The van der Waals surface area contributed by atoms with Crippen molar-refractivity contribution in [1.82, 2.24) is 5.01 Å². The molecule has 1 rings (SSSR count). The highest BCUT2D eigenvalue weighted by Crippen LogP contribution is 2.37. The largest absolute Gasteiger partial charge is 0.504 e. The van der Waals surface area contributed by atoms with E-state index in [1.807, 2.05) is 0 Å². The van der Waals surface area contributed by atoms with Crippen molar-refractivity contribution in [2.45, 2.75) is 6.54 Å². The van der Waals surface area contributed by atoms with E-state index < -0.39 is 23.2 Å². The van der Waals surface area contributed by atoms with Gasteiger partial charge in [-0.1, -0.05) is 0 Å². The zero-order chi connectivity index (χ0) is 12.3. The molecule has 7 heteroatoms. The van der Waals surface area contributed by atoms with Crippen molar-refractivity contribution in [3.63, 3.8) is 0 Å². The van der Waals surface area contributed by atoms with Crippen molar-refractivity contribution in [3.05, 3.63) is 17.7 Å². The third-order valence-corrected chi connectivity index (χ3v) is 2.05. The number of phenolic OH excluding ortho intramolecular Hbond substituents is 3. The number of hydrogen-bond donors (Lipinski definition) is 5. The number of nitrogens with zero attached hydrogens (tertiary/aromatic N) is 1. The third kappa shape index (κ3) is 2.33. The van der Waals surface area contributed by atoms with Crippen LogP contribution in [-0.2, 0) is 11.3 Å². The van der Waals surface area contributed by atoms with Gasteiger partial charge in [-0.05, 0) is 12.1 Å². The molecule has 0 aliphatic carbocycles. The van der Waals surface area contributed by atoms with Crippen molar-refractivity contribution < 1.29 is 20.1 Å². The van der Waals surface area contributed by atoms with Gasteiger partial charge in [0.2, 0.25) is 5.75 Å². The van der Waals surface area contributed by atoms with E-state index in [1.54, 1.807) is 0 Å². The summed E-state index contributed by atoms with van der Waals surface area (Å²) in [6.07, 6.45) is 0. The smallest absolute Gasteiger partial charge is 0.250 e. The quantitative estimate of drug-likeness (QED) is 0.194. The molecule has 1 aromatic rings. The lowest BCUT2D eigenvalue weighted by Gasteiger charge is -2.16. The van der Waals surface area contributed by atoms with Gasteiger partial charge < -0.3 is 21.1 Å². The van der Waals surface area contributed by atoms with Gasteiger partial charge in [-0.15, -0.1) is 0 Å². The summed E-state index contributed by atoms with van der Waals surface area (Å²) < 4.78 is 0. The second-order valence-corrected chi connectivity index (χ2v) is 3.17. The van der Waals surface area contributed by atoms with Crippen LogP contribution in [0.2, 0.25) is 0 Å². The highest BCUT2D eigenvalue weighted by Gasteiger charge is 2.14. The van der Waals surface area contributed by atoms with Gasteiger partial charge in [0.25, 0.3) is 5.91 Å². The Bertz CT molecular complexity index is 408. The van der Waals surface area contributed by atoms with Gasteiger partial charge in [-0.2, -0.15) is 0 Å². The monoisotopic (exact) mass is 227 g/mol. The summed E-state index contributed by atoms with van der Waals surface area (Å²) in [5, 5.41) is 28.6. The molecule has 0 heterocycles. The molecule has 16 heavy (non-hydrogen) atoms.